The molecule has 0 amide bonds. The first-order valence-corrected chi connectivity index (χ1v) is 8.57. The molecule has 0 atom stereocenters. The van der Waals surface area contributed by atoms with E-state index in [1.807, 2.05) is 24.4 Å². The molecule has 2 aromatic heterocycles. The van der Waals surface area contributed by atoms with E-state index in [0.717, 1.165) is 11.5 Å². The van der Waals surface area contributed by atoms with Crippen molar-refractivity contribution in [3.05, 3.63) is 65.1 Å². The molecule has 1 saturated carbocycles. The highest BCUT2D eigenvalue weighted by Crippen LogP contribution is 2.47. The maximum Gasteiger partial charge on any atom is 0.163 e. The standard InChI is InChI=1S/C21H23N3/c1-14-11-15(2)19(16(3)12-14)24-13-18(21(4)8-9-21)23-20(24)17-7-5-6-10-22-17/h5-7,10-13H,8-9H2,1-4H3. The Balaban J connectivity index is 1.96. The molecule has 0 unspecified atom stereocenters. The van der Waals surface area contributed by atoms with Gasteiger partial charge in [0, 0.05) is 17.8 Å². The molecule has 0 aliphatic heterocycles. The Hall–Kier alpha value is -2.42. The third kappa shape index (κ3) is 2.44. The van der Waals surface area contributed by atoms with Gasteiger partial charge in [-0.1, -0.05) is 30.7 Å². The topological polar surface area (TPSA) is 30.7 Å². The average molecular weight is 317 g/mol. The Morgan fingerprint density at radius 3 is 2.33 bits per heavy atom. The highest BCUT2D eigenvalue weighted by atomic mass is 15.1. The molecule has 0 spiro atoms. The zero-order valence-electron chi connectivity index (χ0n) is 14.8. The predicted octanol–water partition coefficient (Wildman–Crippen LogP) is 4.91. The van der Waals surface area contributed by atoms with Gasteiger partial charge in [-0.05, 0) is 56.9 Å². The SMILES string of the molecule is Cc1cc(C)c(-n2cc(C3(C)CC3)nc2-c2ccccn2)c(C)c1. The Labute approximate surface area is 143 Å². The van der Waals surface area contributed by atoms with Crippen LogP contribution in [-0.2, 0) is 5.41 Å². The van der Waals surface area contributed by atoms with E-state index in [-0.39, 0.29) is 5.41 Å². The van der Waals surface area contributed by atoms with Crippen molar-refractivity contribution in [2.75, 3.05) is 0 Å². The fraction of sp³-hybridized carbons (Fsp3) is 0.333. The Kier molecular flexibility index (Phi) is 3.34. The van der Waals surface area contributed by atoms with E-state index < -0.39 is 0 Å². The van der Waals surface area contributed by atoms with Crippen molar-refractivity contribution in [1.29, 1.82) is 0 Å². The smallest absolute Gasteiger partial charge is 0.163 e. The molecule has 0 bridgehead atoms. The monoisotopic (exact) mass is 317 g/mol. The van der Waals surface area contributed by atoms with Gasteiger partial charge in [-0.25, -0.2) is 4.98 Å². The third-order valence-electron chi connectivity index (χ3n) is 5.09. The highest BCUT2D eigenvalue weighted by molar-refractivity contribution is 5.59. The lowest BCUT2D eigenvalue weighted by Crippen LogP contribution is -2.03. The van der Waals surface area contributed by atoms with Crippen LogP contribution in [0.2, 0.25) is 0 Å². The molecule has 0 radical (unpaired) electrons. The lowest BCUT2D eigenvalue weighted by atomic mass is 10.0. The number of imidazole rings is 1. The molecule has 3 nitrogen and oxygen atoms in total. The second-order valence-corrected chi connectivity index (χ2v) is 7.34. The van der Waals surface area contributed by atoms with Crippen molar-refractivity contribution in [2.24, 2.45) is 0 Å². The van der Waals surface area contributed by atoms with Gasteiger partial charge in [0.25, 0.3) is 0 Å². The minimum absolute atomic E-state index is 0.237. The van der Waals surface area contributed by atoms with E-state index >= 15 is 0 Å². The molecule has 122 valence electrons. The summed E-state index contributed by atoms with van der Waals surface area (Å²) >= 11 is 0. The van der Waals surface area contributed by atoms with Gasteiger partial charge >= 0.3 is 0 Å². The quantitative estimate of drug-likeness (QED) is 0.687. The van der Waals surface area contributed by atoms with Crippen LogP contribution in [0.15, 0.2) is 42.7 Å². The number of hydrogen-bond acceptors (Lipinski definition) is 2. The summed E-state index contributed by atoms with van der Waals surface area (Å²) in [5.74, 6) is 0.939. The summed E-state index contributed by atoms with van der Waals surface area (Å²) < 4.78 is 2.24. The van der Waals surface area contributed by atoms with Crippen LogP contribution in [0.3, 0.4) is 0 Å². The number of benzene rings is 1. The summed E-state index contributed by atoms with van der Waals surface area (Å²) in [6, 6.07) is 10.5. The molecule has 24 heavy (non-hydrogen) atoms. The molecule has 3 aromatic rings. The van der Waals surface area contributed by atoms with Gasteiger partial charge in [0.2, 0.25) is 0 Å². The lowest BCUT2D eigenvalue weighted by Gasteiger charge is -2.14. The molecule has 1 aliphatic rings. The first-order chi connectivity index (χ1) is 11.5. The van der Waals surface area contributed by atoms with E-state index in [9.17, 15) is 0 Å². The van der Waals surface area contributed by atoms with Crippen molar-refractivity contribution < 1.29 is 0 Å². The van der Waals surface area contributed by atoms with Crippen molar-refractivity contribution in [3.8, 4) is 17.2 Å². The summed E-state index contributed by atoms with van der Waals surface area (Å²) in [4.78, 5) is 9.54. The molecular formula is C21H23N3. The second-order valence-electron chi connectivity index (χ2n) is 7.34. The summed E-state index contributed by atoms with van der Waals surface area (Å²) in [5, 5.41) is 0. The van der Waals surface area contributed by atoms with Gasteiger partial charge in [-0.3, -0.25) is 9.55 Å². The Bertz CT molecular complexity index is 879. The maximum atomic E-state index is 5.00. The van der Waals surface area contributed by atoms with E-state index in [2.05, 4.69) is 55.6 Å². The van der Waals surface area contributed by atoms with Crippen molar-refractivity contribution in [3.63, 3.8) is 0 Å². The van der Waals surface area contributed by atoms with Crippen LogP contribution in [0.1, 0.15) is 42.1 Å². The van der Waals surface area contributed by atoms with Crippen LogP contribution in [0.25, 0.3) is 17.2 Å². The number of aryl methyl sites for hydroxylation is 3. The number of rotatable bonds is 3. The number of aromatic nitrogens is 3. The zero-order valence-corrected chi connectivity index (χ0v) is 14.8. The molecule has 1 fully saturated rings. The minimum atomic E-state index is 0.237. The van der Waals surface area contributed by atoms with Crippen LogP contribution in [0, 0.1) is 20.8 Å². The van der Waals surface area contributed by atoms with Crippen molar-refractivity contribution in [2.45, 2.75) is 46.0 Å². The largest absolute Gasteiger partial charge is 0.298 e. The molecule has 0 saturated heterocycles. The molecular weight excluding hydrogens is 294 g/mol. The minimum Gasteiger partial charge on any atom is -0.298 e. The summed E-state index contributed by atoms with van der Waals surface area (Å²) in [6.45, 7) is 8.80. The van der Waals surface area contributed by atoms with Crippen LogP contribution in [-0.4, -0.2) is 14.5 Å². The fourth-order valence-electron chi connectivity index (χ4n) is 3.51. The van der Waals surface area contributed by atoms with Crippen LogP contribution < -0.4 is 0 Å². The van der Waals surface area contributed by atoms with Crippen LogP contribution in [0.5, 0.6) is 0 Å². The van der Waals surface area contributed by atoms with E-state index in [1.54, 1.807) is 0 Å². The zero-order chi connectivity index (χ0) is 16.9. The van der Waals surface area contributed by atoms with Gasteiger partial charge < -0.3 is 0 Å². The van der Waals surface area contributed by atoms with E-state index in [0.29, 0.717) is 0 Å². The van der Waals surface area contributed by atoms with Crippen molar-refractivity contribution in [1.82, 2.24) is 14.5 Å². The van der Waals surface area contributed by atoms with E-state index in [4.69, 9.17) is 4.98 Å². The maximum absolute atomic E-state index is 5.00. The number of nitrogens with zero attached hydrogens (tertiary/aromatic N) is 3. The van der Waals surface area contributed by atoms with Gasteiger partial charge in [-0.2, -0.15) is 0 Å². The Morgan fingerprint density at radius 2 is 1.75 bits per heavy atom. The third-order valence-corrected chi connectivity index (χ3v) is 5.09. The molecule has 0 N–H and O–H groups in total. The summed E-state index contributed by atoms with van der Waals surface area (Å²) in [6.07, 6.45) is 6.50. The highest BCUT2D eigenvalue weighted by Gasteiger charge is 2.42. The van der Waals surface area contributed by atoms with E-state index in [1.165, 1.54) is 40.9 Å². The van der Waals surface area contributed by atoms with Crippen LogP contribution >= 0.6 is 0 Å². The molecule has 1 aliphatic carbocycles. The van der Waals surface area contributed by atoms with Gasteiger partial charge in [0.15, 0.2) is 5.82 Å². The lowest BCUT2D eigenvalue weighted by molar-refractivity contribution is 0.757. The van der Waals surface area contributed by atoms with Gasteiger partial charge in [0.1, 0.15) is 5.69 Å². The van der Waals surface area contributed by atoms with Gasteiger partial charge in [0.05, 0.1) is 11.4 Å². The average Bonchev–Trinajstić information content (AvgIpc) is 3.14. The molecule has 4 rings (SSSR count). The summed E-state index contributed by atoms with van der Waals surface area (Å²) in [7, 11) is 0. The first kappa shape index (κ1) is 15.1. The summed E-state index contributed by atoms with van der Waals surface area (Å²) in [5.41, 5.74) is 7.41. The predicted molar refractivity (Wildman–Crippen MR) is 97.6 cm³/mol. The Morgan fingerprint density at radius 1 is 1.04 bits per heavy atom. The van der Waals surface area contributed by atoms with Gasteiger partial charge in [-0.15, -0.1) is 0 Å². The molecule has 3 heteroatoms. The number of hydrogen-bond donors (Lipinski definition) is 0. The van der Waals surface area contributed by atoms with Crippen molar-refractivity contribution >= 4 is 0 Å². The molecule has 2 heterocycles. The fourth-order valence-corrected chi connectivity index (χ4v) is 3.51. The second kappa shape index (κ2) is 5.30. The first-order valence-electron chi connectivity index (χ1n) is 8.57. The normalized spacial score (nSPS) is 15.5. The van der Waals surface area contributed by atoms with Crippen LogP contribution in [0.4, 0.5) is 0 Å². The number of pyridine rings is 1. The molecule has 1 aromatic carbocycles.